The fraction of sp³-hybridized carbons (Fsp3) is 0.451. The van der Waals surface area contributed by atoms with Crippen LogP contribution in [-0.4, -0.2) is 176 Å². The molecule has 25 heteroatoms. The van der Waals surface area contributed by atoms with Gasteiger partial charge in [-0.1, -0.05) is 17.8 Å². The van der Waals surface area contributed by atoms with Crippen LogP contribution in [0.25, 0.3) is 66.5 Å². The Morgan fingerprint density at radius 3 is 1.30 bits per heavy atom. The van der Waals surface area contributed by atoms with E-state index in [1.54, 1.807) is 32.4 Å². The first-order valence-electron chi connectivity index (χ1n) is 35.3. The summed E-state index contributed by atoms with van der Waals surface area (Å²) in [5.74, 6) is 14.9. The van der Waals surface area contributed by atoms with Gasteiger partial charge >= 0.3 is 0 Å². The monoisotopic (exact) mass is 1310 g/mol. The first-order valence-corrected chi connectivity index (χ1v) is 32.3. The molecule has 96 heavy (non-hydrogen) atoms. The van der Waals surface area contributed by atoms with Crippen molar-refractivity contribution in [3.8, 4) is 69.3 Å². The highest BCUT2D eigenvalue weighted by atomic mass is 19.1. The highest BCUT2D eigenvalue weighted by Gasteiger charge is 2.41. The molecular weight excluding hydrogens is 1230 g/mol. The quantitative estimate of drug-likeness (QED) is 0.0444. The number of aromatic nitrogens is 12. The molecule has 3 aliphatic carbocycles. The molecular formula is C71H79F3N18O4. The standard InChI is InChI=1S/C25H29FN6O2.C24H27FN6O.C22H23FN6O/c1-3-34-9-8-31-13-18(14-31)32-15-20(23-21(26)11-29-24(27)30-23)19-10-17(28-12-22(19)32)6-7-25(2,33)16-4-5-16;1-14(2)30-11-17(12-30)31-13-19(22-20(25)9-28-23(26)29-22)18-8-16(27-10-21(18)31)6-7-24(3,32)15-4-5-15;1-22(2,30)6-5-13-7-16-17(20-18(23)8-26-21(24)27-20)12-29(19(16)9-25-13)15-10-28(11-15)14-3-4-14/h10-12,15-16,18,33H,3-5,8-9,13-14H2,1-2H3,(H2,27,29,30);8-10,13-15,17,32H,4-5,11-12H2,1-3H3,(H2,26,28,29);7-9,12,14-15,30H,3-4,10-11H2,1-2H3,(H2,24,26,27)/i;;1D3,2D3. The van der Waals surface area contributed by atoms with Gasteiger partial charge in [-0.15, -0.1) is 0 Å². The fourth-order valence-corrected chi connectivity index (χ4v) is 12.6. The van der Waals surface area contributed by atoms with Crippen LogP contribution in [0, 0.1) is 64.8 Å². The fourth-order valence-electron chi connectivity index (χ4n) is 12.6. The zero-order valence-corrected chi connectivity index (χ0v) is 53.9. The van der Waals surface area contributed by atoms with E-state index < -0.39 is 48.0 Å². The predicted molar refractivity (Wildman–Crippen MR) is 360 cm³/mol. The second-order valence-corrected chi connectivity index (χ2v) is 26.3. The lowest BCUT2D eigenvalue weighted by molar-refractivity contribution is 0.0579. The maximum absolute atomic E-state index is 14.7. The van der Waals surface area contributed by atoms with E-state index in [9.17, 15) is 28.5 Å². The van der Waals surface area contributed by atoms with Crippen LogP contribution in [0.2, 0.25) is 0 Å². The summed E-state index contributed by atoms with van der Waals surface area (Å²) >= 11 is 0. The zero-order chi connectivity index (χ0) is 72.5. The number of hydrogen-bond donors (Lipinski definition) is 6. The number of halogens is 3. The highest BCUT2D eigenvalue weighted by molar-refractivity contribution is 5.98. The largest absolute Gasteiger partial charge is 0.380 e. The van der Waals surface area contributed by atoms with Crippen molar-refractivity contribution in [3.05, 3.63) is 109 Å². The normalized spacial score (nSPS) is 19.5. The number of nitrogens with two attached hydrogens (primary N) is 3. The number of aliphatic hydroxyl groups is 3. The number of anilines is 3. The molecule has 0 aromatic carbocycles. The second kappa shape index (κ2) is 26.1. The van der Waals surface area contributed by atoms with Crippen molar-refractivity contribution in [3.63, 3.8) is 0 Å². The summed E-state index contributed by atoms with van der Waals surface area (Å²) in [5, 5.41) is 33.6. The van der Waals surface area contributed by atoms with Crippen LogP contribution in [0.15, 0.2) is 74.0 Å². The molecule has 6 aliphatic rings. The molecule has 2 atom stereocenters. The third kappa shape index (κ3) is 14.2. The third-order valence-electron chi connectivity index (χ3n) is 18.7. The molecule has 0 bridgehead atoms. The summed E-state index contributed by atoms with van der Waals surface area (Å²) in [6.45, 7) is 10.8. The van der Waals surface area contributed by atoms with Gasteiger partial charge in [0.2, 0.25) is 17.8 Å². The summed E-state index contributed by atoms with van der Waals surface area (Å²) in [6.07, 6.45) is 20.2. The molecule has 3 aliphatic heterocycles. The minimum Gasteiger partial charge on any atom is -0.380 e. The minimum atomic E-state index is -3.29. The smallest absolute Gasteiger partial charge is 0.220 e. The van der Waals surface area contributed by atoms with Crippen LogP contribution in [0.3, 0.4) is 0 Å². The van der Waals surface area contributed by atoms with Crippen molar-refractivity contribution in [1.29, 1.82) is 0 Å². The van der Waals surface area contributed by atoms with Gasteiger partial charge < -0.3 is 51.0 Å². The molecule has 2 unspecified atom stereocenters. The van der Waals surface area contributed by atoms with Crippen molar-refractivity contribution in [1.82, 2.24) is 73.3 Å². The number of rotatable bonds is 14. The molecule has 3 saturated heterocycles. The van der Waals surface area contributed by atoms with Gasteiger partial charge in [0.1, 0.15) is 51.0 Å². The third-order valence-corrected chi connectivity index (χ3v) is 18.7. The molecule has 12 heterocycles. The number of fused-ring (bicyclic) bond motifs is 3. The molecule has 0 spiro atoms. The summed E-state index contributed by atoms with van der Waals surface area (Å²) in [6, 6.07) is 6.90. The molecule has 3 saturated carbocycles. The van der Waals surface area contributed by atoms with E-state index in [1.165, 1.54) is 25.1 Å². The molecule has 22 nitrogen and oxygen atoms in total. The molecule has 498 valence electrons. The van der Waals surface area contributed by atoms with Crippen molar-refractivity contribution in [2.24, 2.45) is 11.8 Å². The number of nitrogens with zero attached hydrogens (tertiary/aromatic N) is 15. The highest BCUT2D eigenvalue weighted by Crippen LogP contribution is 2.43. The van der Waals surface area contributed by atoms with E-state index in [0.29, 0.717) is 64.3 Å². The van der Waals surface area contributed by atoms with Crippen molar-refractivity contribution >= 4 is 50.6 Å². The Labute approximate surface area is 563 Å². The minimum absolute atomic E-state index is 0.00378. The Hall–Kier alpha value is -9.10. The first-order chi connectivity index (χ1) is 48.4. The number of nitrogen functional groups attached to an aromatic ring is 3. The van der Waals surface area contributed by atoms with Gasteiger partial charge in [0, 0.05) is 124 Å². The van der Waals surface area contributed by atoms with Crippen LogP contribution in [-0.2, 0) is 4.74 Å². The van der Waals surface area contributed by atoms with Crippen LogP contribution in [0.4, 0.5) is 31.0 Å². The Balaban J connectivity index is 0.000000137. The molecule has 9 N–H and O–H groups in total. The van der Waals surface area contributed by atoms with Crippen LogP contribution >= 0.6 is 0 Å². The summed E-state index contributed by atoms with van der Waals surface area (Å²) in [7, 11) is 0. The Kier molecular flexibility index (Phi) is 15.9. The Morgan fingerprint density at radius 1 is 0.552 bits per heavy atom. The summed E-state index contributed by atoms with van der Waals surface area (Å²) < 4.78 is 101. The van der Waals surface area contributed by atoms with Crippen LogP contribution < -0.4 is 17.2 Å². The van der Waals surface area contributed by atoms with Gasteiger partial charge in [0.25, 0.3) is 0 Å². The van der Waals surface area contributed by atoms with E-state index in [-0.39, 0.29) is 70.6 Å². The molecule has 9 aromatic heterocycles. The molecule has 0 amide bonds. The van der Waals surface area contributed by atoms with E-state index >= 15 is 0 Å². The lowest BCUT2D eigenvalue weighted by atomic mass is 10.0. The van der Waals surface area contributed by atoms with Gasteiger partial charge in [-0.05, 0) is 135 Å². The van der Waals surface area contributed by atoms with Crippen molar-refractivity contribution < 1.29 is 41.5 Å². The van der Waals surface area contributed by atoms with E-state index in [4.69, 9.17) is 30.2 Å². The van der Waals surface area contributed by atoms with E-state index in [2.05, 4.69) is 112 Å². The Morgan fingerprint density at radius 2 is 0.938 bits per heavy atom. The van der Waals surface area contributed by atoms with Gasteiger partial charge in [-0.2, -0.15) is 0 Å². The average molecular weight is 1310 g/mol. The van der Waals surface area contributed by atoms with Gasteiger partial charge in [0.05, 0.1) is 78.5 Å². The van der Waals surface area contributed by atoms with E-state index in [0.717, 1.165) is 112 Å². The SMILES string of the molecule is CC(C)N1CC(n2cc(-c3nc(N)ncc3F)c3cc(C#CC(C)(O)C4CC4)ncc32)C1.CCOCCN1CC(n2cc(-c3nc(N)ncc3F)c3cc(C#CC(C)(O)C4CC4)ncc32)C1.[2H]C([2H])([2H])C(O)(C#Cc1cc2c(-c3nc(N)ncc3F)cn(C3CN(C4CC4)C3)c2cn1)C([2H])([2H])[2H]. The molecule has 6 fully saturated rings. The lowest BCUT2D eigenvalue weighted by Gasteiger charge is -2.43. The van der Waals surface area contributed by atoms with Gasteiger partial charge in [-0.3, -0.25) is 14.7 Å². The molecule has 9 aromatic rings. The number of likely N-dealkylation sites (tertiary alicyclic amines) is 3. The topological polar surface area (TPSA) is 289 Å². The first kappa shape index (κ1) is 58.3. The summed E-state index contributed by atoms with van der Waals surface area (Å²) in [4.78, 5) is 44.0. The summed E-state index contributed by atoms with van der Waals surface area (Å²) in [5.41, 5.74) is 17.4. The second-order valence-electron chi connectivity index (χ2n) is 26.3. The number of pyridine rings is 3. The average Bonchev–Trinajstić information content (AvgIpc) is 1.44. The maximum atomic E-state index is 14.7. The number of hydrogen-bond acceptors (Lipinski definition) is 19. The van der Waals surface area contributed by atoms with Gasteiger partial charge in [-0.25, -0.2) is 58.0 Å². The van der Waals surface area contributed by atoms with E-state index in [1.807, 2.05) is 41.9 Å². The van der Waals surface area contributed by atoms with Gasteiger partial charge in [0.15, 0.2) is 17.5 Å². The van der Waals surface area contributed by atoms with Crippen LogP contribution in [0.1, 0.15) is 130 Å². The molecule has 15 rings (SSSR count). The zero-order valence-electron chi connectivity index (χ0n) is 59.9. The predicted octanol–water partition coefficient (Wildman–Crippen LogP) is 7.97. The lowest BCUT2D eigenvalue weighted by Crippen LogP contribution is -2.50. The van der Waals surface area contributed by atoms with Crippen LogP contribution in [0.5, 0.6) is 0 Å². The maximum Gasteiger partial charge on any atom is 0.220 e. The van der Waals surface area contributed by atoms with Crippen molar-refractivity contribution in [2.45, 2.75) is 134 Å². The number of ether oxygens (including phenoxy) is 1. The van der Waals surface area contributed by atoms with Crippen molar-refractivity contribution in [2.75, 3.05) is 76.2 Å². The Bertz CT molecular complexity index is 4870. The molecule has 0 radical (unpaired) electrons.